The standard InChI is InChI=1S/C18H20N2O/c1-2-13-7-10-15(11-8-13)19-18(21)17-12-9-14-5-3-4-6-16(14)20-17/h3-8,10-11,17,20H,2,9,12H2,1H3,(H,19,21). The molecule has 0 saturated carbocycles. The molecule has 0 saturated heterocycles. The molecule has 3 nitrogen and oxygen atoms in total. The number of fused-ring (bicyclic) bond motifs is 1. The average Bonchev–Trinajstić information content (AvgIpc) is 2.55. The van der Waals surface area contributed by atoms with E-state index in [0.717, 1.165) is 30.6 Å². The van der Waals surface area contributed by atoms with Crippen LogP contribution in [0.4, 0.5) is 11.4 Å². The first-order valence-corrected chi connectivity index (χ1v) is 7.50. The summed E-state index contributed by atoms with van der Waals surface area (Å²) in [5.74, 6) is 0.0359. The number of carbonyl (C=O) groups excluding carboxylic acids is 1. The number of rotatable bonds is 3. The fourth-order valence-corrected chi connectivity index (χ4v) is 2.69. The van der Waals surface area contributed by atoms with Crippen LogP contribution in [0.2, 0.25) is 0 Å². The molecule has 108 valence electrons. The number of benzene rings is 2. The van der Waals surface area contributed by atoms with E-state index >= 15 is 0 Å². The summed E-state index contributed by atoms with van der Waals surface area (Å²) in [6.45, 7) is 2.12. The van der Waals surface area contributed by atoms with E-state index < -0.39 is 0 Å². The number of amides is 1. The lowest BCUT2D eigenvalue weighted by molar-refractivity contribution is -0.117. The summed E-state index contributed by atoms with van der Waals surface area (Å²) >= 11 is 0. The number of nitrogens with one attached hydrogen (secondary N) is 2. The van der Waals surface area contributed by atoms with Crippen molar-refractivity contribution in [2.45, 2.75) is 32.2 Å². The predicted octanol–water partition coefficient (Wildman–Crippen LogP) is 3.61. The molecular weight excluding hydrogens is 260 g/mol. The van der Waals surface area contributed by atoms with Crippen molar-refractivity contribution in [3.8, 4) is 0 Å². The van der Waals surface area contributed by atoms with Crippen LogP contribution in [0, 0.1) is 0 Å². The largest absolute Gasteiger partial charge is 0.373 e. The second kappa shape index (κ2) is 6.00. The molecule has 21 heavy (non-hydrogen) atoms. The summed E-state index contributed by atoms with van der Waals surface area (Å²) in [6.07, 6.45) is 2.78. The van der Waals surface area contributed by atoms with Crippen LogP contribution in [0.25, 0.3) is 0 Å². The maximum absolute atomic E-state index is 12.4. The Balaban J connectivity index is 1.66. The number of para-hydroxylation sites is 1. The van der Waals surface area contributed by atoms with Crippen LogP contribution < -0.4 is 10.6 Å². The van der Waals surface area contributed by atoms with Gasteiger partial charge in [-0.1, -0.05) is 37.3 Å². The molecule has 1 heterocycles. The van der Waals surface area contributed by atoms with Crippen molar-refractivity contribution < 1.29 is 4.79 Å². The molecule has 1 atom stereocenters. The zero-order valence-corrected chi connectivity index (χ0v) is 12.2. The van der Waals surface area contributed by atoms with Crippen LogP contribution in [-0.4, -0.2) is 11.9 Å². The van der Waals surface area contributed by atoms with Crippen molar-refractivity contribution in [2.24, 2.45) is 0 Å². The van der Waals surface area contributed by atoms with Gasteiger partial charge in [-0.05, 0) is 48.6 Å². The maximum Gasteiger partial charge on any atom is 0.246 e. The van der Waals surface area contributed by atoms with Gasteiger partial charge in [0.05, 0.1) is 0 Å². The van der Waals surface area contributed by atoms with Gasteiger partial charge in [-0.15, -0.1) is 0 Å². The number of hydrogen-bond acceptors (Lipinski definition) is 2. The zero-order chi connectivity index (χ0) is 14.7. The Hall–Kier alpha value is -2.29. The highest BCUT2D eigenvalue weighted by molar-refractivity contribution is 5.97. The van der Waals surface area contributed by atoms with E-state index in [4.69, 9.17) is 0 Å². The predicted molar refractivity (Wildman–Crippen MR) is 86.6 cm³/mol. The SMILES string of the molecule is CCc1ccc(NC(=O)C2CCc3ccccc3N2)cc1. The molecule has 0 bridgehead atoms. The molecule has 0 spiro atoms. The van der Waals surface area contributed by atoms with Gasteiger partial charge in [0.25, 0.3) is 0 Å². The highest BCUT2D eigenvalue weighted by Crippen LogP contribution is 2.24. The molecule has 2 aromatic rings. The van der Waals surface area contributed by atoms with Gasteiger partial charge in [0.15, 0.2) is 0 Å². The van der Waals surface area contributed by atoms with Crippen LogP contribution >= 0.6 is 0 Å². The van der Waals surface area contributed by atoms with Crippen molar-refractivity contribution in [1.29, 1.82) is 0 Å². The van der Waals surface area contributed by atoms with Crippen molar-refractivity contribution in [2.75, 3.05) is 10.6 Å². The van der Waals surface area contributed by atoms with Crippen LogP contribution in [0.5, 0.6) is 0 Å². The van der Waals surface area contributed by atoms with Gasteiger partial charge >= 0.3 is 0 Å². The van der Waals surface area contributed by atoms with Crippen molar-refractivity contribution in [1.82, 2.24) is 0 Å². The molecular formula is C18H20N2O. The Morgan fingerprint density at radius 3 is 2.71 bits per heavy atom. The van der Waals surface area contributed by atoms with Gasteiger partial charge in [0.2, 0.25) is 5.91 Å². The molecule has 1 aliphatic heterocycles. The van der Waals surface area contributed by atoms with Crippen LogP contribution in [-0.2, 0) is 17.6 Å². The third-order valence-electron chi connectivity index (χ3n) is 4.00. The summed E-state index contributed by atoms with van der Waals surface area (Å²) in [7, 11) is 0. The normalized spacial score (nSPS) is 16.7. The van der Waals surface area contributed by atoms with E-state index in [1.807, 2.05) is 30.3 Å². The average molecular weight is 280 g/mol. The lowest BCUT2D eigenvalue weighted by atomic mass is 9.97. The topological polar surface area (TPSA) is 41.1 Å². The third-order valence-corrected chi connectivity index (χ3v) is 4.00. The molecule has 0 fully saturated rings. The molecule has 1 aliphatic rings. The van der Waals surface area contributed by atoms with E-state index in [0.29, 0.717) is 0 Å². The summed E-state index contributed by atoms with van der Waals surface area (Å²) < 4.78 is 0. The molecule has 3 rings (SSSR count). The summed E-state index contributed by atoms with van der Waals surface area (Å²) in [5.41, 5.74) is 4.50. The minimum atomic E-state index is -0.161. The molecule has 2 aromatic carbocycles. The molecule has 0 aliphatic carbocycles. The van der Waals surface area contributed by atoms with Gasteiger partial charge in [0.1, 0.15) is 6.04 Å². The van der Waals surface area contributed by atoms with Crippen LogP contribution in [0.3, 0.4) is 0 Å². The lowest BCUT2D eigenvalue weighted by Crippen LogP contribution is -2.37. The summed E-state index contributed by atoms with van der Waals surface area (Å²) in [6, 6.07) is 16.1. The van der Waals surface area contributed by atoms with Crippen molar-refractivity contribution in [3.05, 3.63) is 59.7 Å². The molecule has 1 amide bonds. The second-order valence-corrected chi connectivity index (χ2v) is 5.43. The molecule has 2 N–H and O–H groups in total. The van der Waals surface area contributed by atoms with E-state index in [1.54, 1.807) is 0 Å². The summed E-state index contributed by atoms with van der Waals surface area (Å²) in [5, 5.41) is 6.32. The minimum absolute atomic E-state index is 0.0359. The van der Waals surface area contributed by atoms with Gasteiger partial charge in [-0.25, -0.2) is 0 Å². The first kappa shape index (κ1) is 13.7. The third kappa shape index (κ3) is 3.07. The number of hydrogen-bond donors (Lipinski definition) is 2. The van der Waals surface area contributed by atoms with E-state index in [-0.39, 0.29) is 11.9 Å². The van der Waals surface area contributed by atoms with Crippen molar-refractivity contribution in [3.63, 3.8) is 0 Å². The molecule has 1 unspecified atom stereocenters. The highest BCUT2D eigenvalue weighted by atomic mass is 16.2. The molecule has 0 radical (unpaired) electrons. The van der Waals surface area contributed by atoms with Gasteiger partial charge in [-0.2, -0.15) is 0 Å². The Morgan fingerprint density at radius 1 is 1.19 bits per heavy atom. The van der Waals surface area contributed by atoms with Crippen LogP contribution in [0.15, 0.2) is 48.5 Å². The van der Waals surface area contributed by atoms with E-state index in [2.05, 4.69) is 35.8 Å². The fraction of sp³-hybridized carbons (Fsp3) is 0.278. The molecule has 3 heteroatoms. The number of anilines is 2. The molecule has 0 aromatic heterocycles. The first-order valence-electron chi connectivity index (χ1n) is 7.50. The maximum atomic E-state index is 12.4. The second-order valence-electron chi connectivity index (χ2n) is 5.43. The van der Waals surface area contributed by atoms with Gasteiger partial charge < -0.3 is 10.6 Å². The monoisotopic (exact) mass is 280 g/mol. The number of aryl methyl sites for hydroxylation is 2. The number of carbonyl (C=O) groups is 1. The smallest absolute Gasteiger partial charge is 0.246 e. The summed E-state index contributed by atoms with van der Waals surface area (Å²) in [4.78, 5) is 12.4. The Bertz CT molecular complexity index is 634. The Labute approximate surface area is 125 Å². The Morgan fingerprint density at radius 2 is 1.95 bits per heavy atom. The van der Waals surface area contributed by atoms with E-state index in [1.165, 1.54) is 11.1 Å². The fourth-order valence-electron chi connectivity index (χ4n) is 2.69. The van der Waals surface area contributed by atoms with E-state index in [9.17, 15) is 4.79 Å². The lowest BCUT2D eigenvalue weighted by Gasteiger charge is -2.26. The van der Waals surface area contributed by atoms with Gasteiger partial charge in [-0.3, -0.25) is 4.79 Å². The zero-order valence-electron chi connectivity index (χ0n) is 12.2. The Kier molecular flexibility index (Phi) is 3.91. The van der Waals surface area contributed by atoms with Gasteiger partial charge in [0, 0.05) is 11.4 Å². The van der Waals surface area contributed by atoms with Crippen LogP contribution in [0.1, 0.15) is 24.5 Å². The minimum Gasteiger partial charge on any atom is -0.373 e. The highest BCUT2D eigenvalue weighted by Gasteiger charge is 2.23. The quantitative estimate of drug-likeness (QED) is 0.901. The first-order chi connectivity index (χ1) is 10.3. The van der Waals surface area contributed by atoms with Crippen molar-refractivity contribution >= 4 is 17.3 Å².